The van der Waals surface area contributed by atoms with E-state index in [9.17, 15) is 13.2 Å². The third kappa shape index (κ3) is 6.86. The van der Waals surface area contributed by atoms with E-state index in [2.05, 4.69) is 45.0 Å². The smallest absolute Gasteiger partial charge is 0.235 e. The van der Waals surface area contributed by atoms with Crippen LogP contribution in [0.5, 0.6) is 5.75 Å². The molecule has 7 heteroatoms. The number of nitrogens with zero attached hydrogens (tertiary/aromatic N) is 1. The molecule has 1 amide bonds. The van der Waals surface area contributed by atoms with Crippen LogP contribution in [0.25, 0.3) is 10.8 Å². The Morgan fingerprint density at radius 3 is 2.31 bits per heavy atom. The molecule has 1 aliphatic rings. The highest BCUT2D eigenvalue weighted by molar-refractivity contribution is 7.89. The second-order valence-corrected chi connectivity index (χ2v) is 11.9. The molecule has 0 atom stereocenters. The van der Waals surface area contributed by atoms with Crippen LogP contribution in [0, 0.1) is 11.3 Å². The zero-order chi connectivity index (χ0) is 23.5. The molecular formula is C25H36N2O4S. The van der Waals surface area contributed by atoms with Gasteiger partial charge in [-0.3, -0.25) is 9.52 Å². The molecule has 0 aromatic heterocycles. The largest absolute Gasteiger partial charge is 0.490 e. The number of rotatable bonds is 7. The minimum absolute atomic E-state index is 0.103. The molecule has 0 bridgehead atoms. The fourth-order valence-corrected chi connectivity index (χ4v) is 4.93. The van der Waals surface area contributed by atoms with Gasteiger partial charge in [0, 0.05) is 25.7 Å². The lowest BCUT2D eigenvalue weighted by Gasteiger charge is -2.37. The van der Waals surface area contributed by atoms with Crippen LogP contribution in [0.3, 0.4) is 0 Å². The van der Waals surface area contributed by atoms with E-state index in [-0.39, 0.29) is 12.5 Å². The number of ether oxygens (including phenoxy) is 1. The number of hydrogen-bond acceptors (Lipinski definition) is 5. The first kappa shape index (κ1) is 24.4. The van der Waals surface area contributed by atoms with Crippen molar-refractivity contribution >= 4 is 32.4 Å². The summed E-state index contributed by atoms with van der Waals surface area (Å²) < 4.78 is 30.6. The average Bonchev–Trinajstić information content (AvgIpc) is 2.70. The molecule has 0 spiro atoms. The van der Waals surface area contributed by atoms with Crippen molar-refractivity contribution in [2.45, 2.75) is 59.0 Å². The van der Waals surface area contributed by atoms with Gasteiger partial charge in [0.1, 0.15) is 5.75 Å². The Morgan fingerprint density at radius 1 is 1.06 bits per heavy atom. The highest BCUT2D eigenvalue weighted by Crippen LogP contribution is 2.39. The predicted octanol–water partition coefficient (Wildman–Crippen LogP) is 4.73. The van der Waals surface area contributed by atoms with Gasteiger partial charge >= 0.3 is 0 Å². The molecular weight excluding hydrogens is 424 g/mol. The van der Waals surface area contributed by atoms with Gasteiger partial charge in [0.05, 0.1) is 12.4 Å². The molecule has 2 aromatic carbocycles. The quantitative estimate of drug-likeness (QED) is 0.647. The van der Waals surface area contributed by atoms with Crippen LogP contribution in [0.1, 0.15) is 52.9 Å². The first-order valence-electron chi connectivity index (χ1n) is 11.3. The van der Waals surface area contributed by atoms with Gasteiger partial charge in [-0.05, 0) is 72.1 Å². The standard InChI is InChI=1S/C25H36N2O4S/c1-25(2,3)20-8-12-22(13-9-20)31-23-11-7-18-16-21(10-6-19(18)17-23)27(4)15-14-24(28)26-32(5,29)30/h6-7,10-11,16-17,20,22H,8-9,12-15H2,1-5H3,(H,26,28). The summed E-state index contributed by atoms with van der Waals surface area (Å²) in [7, 11) is -1.63. The van der Waals surface area contributed by atoms with E-state index in [0.29, 0.717) is 12.0 Å². The van der Waals surface area contributed by atoms with E-state index in [1.165, 1.54) is 12.8 Å². The van der Waals surface area contributed by atoms with Crippen LogP contribution in [0.2, 0.25) is 0 Å². The van der Waals surface area contributed by atoms with Gasteiger partial charge < -0.3 is 9.64 Å². The van der Waals surface area contributed by atoms with E-state index in [0.717, 1.165) is 47.2 Å². The number of sulfonamides is 1. The zero-order valence-corrected chi connectivity index (χ0v) is 20.7. The topological polar surface area (TPSA) is 75.7 Å². The number of carbonyl (C=O) groups excluding carboxylic acids is 1. The summed E-state index contributed by atoms with van der Waals surface area (Å²) in [6.45, 7) is 7.42. The summed E-state index contributed by atoms with van der Waals surface area (Å²) in [4.78, 5) is 13.7. The monoisotopic (exact) mass is 460 g/mol. The van der Waals surface area contributed by atoms with Crippen molar-refractivity contribution in [1.29, 1.82) is 0 Å². The van der Waals surface area contributed by atoms with E-state index in [1.54, 1.807) is 0 Å². The number of carbonyl (C=O) groups is 1. The highest BCUT2D eigenvalue weighted by Gasteiger charge is 2.30. The van der Waals surface area contributed by atoms with E-state index >= 15 is 0 Å². The van der Waals surface area contributed by atoms with Crippen LogP contribution in [-0.2, 0) is 14.8 Å². The molecule has 0 saturated heterocycles. The fraction of sp³-hybridized carbons (Fsp3) is 0.560. The maximum Gasteiger partial charge on any atom is 0.235 e. The maximum atomic E-state index is 11.7. The zero-order valence-electron chi connectivity index (χ0n) is 19.8. The number of nitrogens with one attached hydrogen (secondary N) is 1. The number of benzene rings is 2. The minimum Gasteiger partial charge on any atom is -0.490 e. The molecule has 0 radical (unpaired) electrons. The van der Waals surface area contributed by atoms with Crippen LogP contribution in [0.15, 0.2) is 36.4 Å². The molecule has 1 fully saturated rings. The Bertz CT molecular complexity index is 1050. The first-order chi connectivity index (χ1) is 14.9. The Balaban J connectivity index is 1.59. The summed E-state index contributed by atoms with van der Waals surface area (Å²) in [5, 5.41) is 2.21. The van der Waals surface area contributed by atoms with Crippen molar-refractivity contribution in [2.24, 2.45) is 11.3 Å². The molecule has 1 saturated carbocycles. The third-order valence-corrected chi connectivity index (χ3v) is 7.01. The number of amides is 1. The lowest BCUT2D eigenvalue weighted by Crippen LogP contribution is -2.32. The van der Waals surface area contributed by atoms with Crippen molar-refractivity contribution in [3.8, 4) is 5.75 Å². The normalized spacial score (nSPS) is 19.5. The van der Waals surface area contributed by atoms with Crippen molar-refractivity contribution < 1.29 is 17.9 Å². The van der Waals surface area contributed by atoms with Crippen molar-refractivity contribution in [3.63, 3.8) is 0 Å². The molecule has 0 aliphatic heterocycles. The van der Waals surface area contributed by atoms with Gasteiger partial charge in [-0.25, -0.2) is 8.42 Å². The second kappa shape index (κ2) is 9.69. The van der Waals surface area contributed by atoms with Crippen molar-refractivity contribution in [1.82, 2.24) is 4.72 Å². The fourth-order valence-electron chi connectivity index (χ4n) is 4.42. The van der Waals surface area contributed by atoms with E-state index in [4.69, 9.17) is 4.74 Å². The summed E-state index contributed by atoms with van der Waals surface area (Å²) in [6.07, 6.45) is 6.03. The van der Waals surface area contributed by atoms with Gasteiger partial charge in [-0.15, -0.1) is 0 Å². The van der Waals surface area contributed by atoms with Gasteiger partial charge in [0.15, 0.2) is 0 Å². The number of hydrogen-bond donors (Lipinski definition) is 1. The van der Waals surface area contributed by atoms with Gasteiger partial charge in [0.25, 0.3) is 0 Å². The molecule has 0 unspecified atom stereocenters. The molecule has 1 aliphatic carbocycles. The highest BCUT2D eigenvalue weighted by atomic mass is 32.2. The van der Waals surface area contributed by atoms with E-state index < -0.39 is 15.9 Å². The van der Waals surface area contributed by atoms with Gasteiger partial charge in [-0.2, -0.15) is 0 Å². The SMILES string of the molecule is CN(CCC(=O)NS(C)(=O)=O)c1ccc2cc(OC3CCC(C(C)(C)C)CC3)ccc2c1. The summed E-state index contributed by atoms with van der Waals surface area (Å²) in [5.74, 6) is 1.18. The summed E-state index contributed by atoms with van der Waals surface area (Å²) >= 11 is 0. The Hall–Kier alpha value is -2.28. The lowest BCUT2D eigenvalue weighted by atomic mass is 9.72. The van der Waals surface area contributed by atoms with Crippen molar-refractivity contribution in [2.75, 3.05) is 24.7 Å². The third-order valence-electron chi connectivity index (χ3n) is 6.41. The molecule has 3 rings (SSSR count). The van der Waals surface area contributed by atoms with Crippen molar-refractivity contribution in [3.05, 3.63) is 36.4 Å². The van der Waals surface area contributed by atoms with Crippen LogP contribution < -0.4 is 14.4 Å². The molecule has 32 heavy (non-hydrogen) atoms. The molecule has 6 nitrogen and oxygen atoms in total. The maximum absolute atomic E-state index is 11.7. The summed E-state index contributed by atoms with van der Waals surface area (Å²) in [6, 6.07) is 12.3. The lowest BCUT2D eigenvalue weighted by molar-refractivity contribution is -0.119. The summed E-state index contributed by atoms with van der Waals surface area (Å²) in [5.41, 5.74) is 1.34. The average molecular weight is 461 g/mol. The Kier molecular flexibility index (Phi) is 7.38. The number of fused-ring (bicyclic) bond motifs is 1. The van der Waals surface area contributed by atoms with Crippen LogP contribution >= 0.6 is 0 Å². The first-order valence-corrected chi connectivity index (χ1v) is 13.2. The Labute approximate surface area is 192 Å². The molecule has 1 N–H and O–H groups in total. The predicted molar refractivity (Wildman–Crippen MR) is 131 cm³/mol. The Morgan fingerprint density at radius 2 is 1.69 bits per heavy atom. The second-order valence-electron chi connectivity index (χ2n) is 10.1. The van der Waals surface area contributed by atoms with Crippen LogP contribution in [-0.4, -0.2) is 40.3 Å². The van der Waals surface area contributed by atoms with Gasteiger partial charge in [0.2, 0.25) is 15.9 Å². The van der Waals surface area contributed by atoms with E-state index in [1.807, 2.05) is 28.8 Å². The number of anilines is 1. The molecule has 2 aromatic rings. The van der Waals surface area contributed by atoms with Crippen LogP contribution in [0.4, 0.5) is 5.69 Å². The molecule has 0 heterocycles. The molecule has 176 valence electrons. The van der Waals surface area contributed by atoms with Gasteiger partial charge in [-0.1, -0.05) is 32.9 Å². The minimum atomic E-state index is -3.52.